The molecule has 0 amide bonds. The number of hydrogen-bond donors (Lipinski definition) is 1. The van der Waals surface area contributed by atoms with E-state index in [2.05, 4.69) is 31.2 Å². The van der Waals surface area contributed by atoms with Gasteiger partial charge in [0.25, 0.3) is 0 Å². The lowest BCUT2D eigenvalue weighted by atomic mass is 10.2. The van der Waals surface area contributed by atoms with Gasteiger partial charge < -0.3 is 14.6 Å². The topological polar surface area (TPSA) is 42.0 Å². The molecule has 2 heterocycles. The summed E-state index contributed by atoms with van der Waals surface area (Å²) in [7, 11) is 0. The number of thioether (sulfide) groups is 1. The van der Waals surface area contributed by atoms with Gasteiger partial charge in [0.05, 0.1) is 6.61 Å². The summed E-state index contributed by atoms with van der Waals surface area (Å²) in [5.41, 5.74) is 1.29. The van der Waals surface area contributed by atoms with Gasteiger partial charge in [0.1, 0.15) is 23.7 Å². The molecule has 1 aromatic rings. The number of hydrogen-bond acceptors (Lipinski definition) is 4. The molecule has 2 aliphatic heterocycles. The van der Waals surface area contributed by atoms with E-state index in [0.29, 0.717) is 0 Å². The van der Waals surface area contributed by atoms with Crippen molar-refractivity contribution in [3.8, 4) is 0 Å². The summed E-state index contributed by atoms with van der Waals surface area (Å²) in [5, 5.41) is 9.07. The summed E-state index contributed by atoms with van der Waals surface area (Å²) >= 11 is 1.67. The molecule has 0 saturated carbocycles. The van der Waals surface area contributed by atoms with E-state index in [-0.39, 0.29) is 30.4 Å². The minimum Gasteiger partial charge on any atom is -0.394 e. The molecule has 0 aromatic heterocycles. The van der Waals surface area contributed by atoms with Crippen LogP contribution in [0.4, 0.5) is 0 Å². The molecule has 2 aliphatic rings. The Morgan fingerprint density at radius 2 is 1.94 bits per heavy atom. The van der Waals surface area contributed by atoms with Gasteiger partial charge in [0.2, 0.25) is 0 Å². The summed E-state index contributed by atoms with van der Waals surface area (Å²) in [6, 6.07) is 8.36. The zero-order valence-corrected chi connectivity index (χ0v) is 9.81. The van der Waals surface area contributed by atoms with Crippen LogP contribution in [0.15, 0.2) is 29.2 Å². The van der Waals surface area contributed by atoms with Crippen LogP contribution in [-0.2, 0) is 9.47 Å². The van der Waals surface area contributed by atoms with E-state index in [1.54, 1.807) is 11.8 Å². The Labute approximate surface area is 98.8 Å². The molecular formula is C12H14O3S. The fourth-order valence-corrected chi connectivity index (χ4v) is 3.09. The molecule has 16 heavy (non-hydrogen) atoms. The second-order valence-corrected chi connectivity index (χ2v) is 5.39. The smallest absolute Gasteiger partial charge is 0.137 e. The predicted octanol–water partition coefficient (Wildman–Crippen LogP) is 1.57. The van der Waals surface area contributed by atoms with E-state index in [1.807, 2.05) is 0 Å². The number of aliphatic hydroxyl groups is 1. The maximum absolute atomic E-state index is 9.07. The summed E-state index contributed by atoms with van der Waals surface area (Å²) in [6.45, 7) is 2.12. The fourth-order valence-electron chi connectivity index (χ4n) is 1.97. The number of epoxide rings is 1. The Morgan fingerprint density at radius 1 is 1.19 bits per heavy atom. The molecule has 3 nitrogen and oxygen atoms in total. The van der Waals surface area contributed by atoms with Crippen molar-refractivity contribution < 1.29 is 14.6 Å². The van der Waals surface area contributed by atoms with Gasteiger partial charge in [-0.05, 0) is 19.1 Å². The third-order valence-electron chi connectivity index (χ3n) is 2.96. The predicted molar refractivity (Wildman–Crippen MR) is 61.4 cm³/mol. The molecule has 0 spiro atoms. The molecule has 4 heteroatoms. The Bertz CT molecular complexity index is 378. The van der Waals surface area contributed by atoms with Crippen LogP contribution in [0.2, 0.25) is 0 Å². The van der Waals surface area contributed by atoms with E-state index in [1.165, 1.54) is 10.5 Å². The molecule has 2 fully saturated rings. The van der Waals surface area contributed by atoms with E-state index < -0.39 is 0 Å². The fraction of sp³-hybridized carbons (Fsp3) is 0.500. The summed E-state index contributed by atoms with van der Waals surface area (Å²) in [6.07, 6.45) is 0.157. The van der Waals surface area contributed by atoms with Crippen molar-refractivity contribution in [3.63, 3.8) is 0 Å². The van der Waals surface area contributed by atoms with Crippen molar-refractivity contribution in [2.45, 2.75) is 35.6 Å². The van der Waals surface area contributed by atoms with Gasteiger partial charge >= 0.3 is 0 Å². The van der Waals surface area contributed by atoms with Gasteiger partial charge in [-0.1, -0.05) is 29.5 Å². The first kappa shape index (κ1) is 10.6. The van der Waals surface area contributed by atoms with Crippen molar-refractivity contribution >= 4 is 11.8 Å². The number of benzene rings is 1. The average molecular weight is 238 g/mol. The minimum atomic E-state index is -0.132. The first-order valence-electron chi connectivity index (χ1n) is 5.43. The molecule has 2 saturated heterocycles. The molecule has 0 unspecified atom stereocenters. The maximum atomic E-state index is 9.07. The van der Waals surface area contributed by atoms with Crippen molar-refractivity contribution in [1.29, 1.82) is 0 Å². The normalized spacial score (nSPS) is 36.1. The molecule has 1 N–H and O–H groups in total. The van der Waals surface area contributed by atoms with Crippen LogP contribution < -0.4 is 0 Å². The number of aliphatic hydroxyl groups excluding tert-OH is 1. The Hall–Kier alpha value is -0.550. The van der Waals surface area contributed by atoms with E-state index in [4.69, 9.17) is 14.6 Å². The first-order chi connectivity index (χ1) is 7.78. The molecular weight excluding hydrogens is 224 g/mol. The van der Waals surface area contributed by atoms with Crippen LogP contribution in [-0.4, -0.2) is 35.5 Å². The molecule has 3 rings (SSSR count). The monoisotopic (exact) mass is 238 g/mol. The SMILES string of the molecule is Cc1ccc(S[C@@H]2O[C@H](CO)[C@H]3O[C@H]32)cc1. The zero-order valence-electron chi connectivity index (χ0n) is 9.00. The number of ether oxygens (including phenoxy) is 2. The molecule has 0 bridgehead atoms. The third kappa shape index (κ3) is 1.86. The number of fused-ring (bicyclic) bond motifs is 1. The Kier molecular flexibility index (Phi) is 2.67. The van der Waals surface area contributed by atoms with Gasteiger partial charge in [-0.3, -0.25) is 0 Å². The lowest BCUT2D eigenvalue weighted by molar-refractivity contribution is -0.0173. The van der Waals surface area contributed by atoms with Gasteiger partial charge in [-0.15, -0.1) is 0 Å². The van der Waals surface area contributed by atoms with E-state index >= 15 is 0 Å². The lowest BCUT2D eigenvalue weighted by Crippen LogP contribution is -2.21. The highest BCUT2D eigenvalue weighted by Crippen LogP contribution is 2.45. The standard InChI is InChI=1S/C12H14O3S/c1-7-2-4-8(5-3-7)16-12-11-10(15-11)9(6-13)14-12/h2-5,9-13H,6H2,1H3/t9-,10-,11-,12+/m1/s1. The van der Waals surface area contributed by atoms with E-state index in [0.717, 1.165) is 0 Å². The second kappa shape index (κ2) is 4.04. The second-order valence-electron chi connectivity index (χ2n) is 4.22. The van der Waals surface area contributed by atoms with Crippen LogP contribution in [0.25, 0.3) is 0 Å². The van der Waals surface area contributed by atoms with Gasteiger partial charge in [-0.25, -0.2) is 0 Å². The largest absolute Gasteiger partial charge is 0.394 e. The van der Waals surface area contributed by atoms with Crippen molar-refractivity contribution in [3.05, 3.63) is 29.8 Å². The van der Waals surface area contributed by atoms with Crippen molar-refractivity contribution in [2.24, 2.45) is 0 Å². The molecule has 0 radical (unpaired) electrons. The van der Waals surface area contributed by atoms with E-state index in [9.17, 15) is 0 Å². The van der Waals surface area contributed by atoms with Crippen LogP contribution >= 0.6 is 11.8 Å². The Morgan fingerprint density at radius 3 is 2.56 bits per heavy atom. The molecule has 86 valence electrons. The van der Waals surface area contributed by atoms with Gasteiger partial charge in [0, 0.05) is 4.90 Å². The third-order valence-corrected chi connectivity index (χ3v) is 4.11. The maximum Gasteiger partial charge on any atom is 0.137 e. The quantitative estimate of drug-likeness (QED) is 0.812. The molecule has 0 aliphatic carbocycles. The van der Waals surface area contributed by atoms with Crippen LogP contribution in [0.5, 0.6) is 0 Å². The number of aryl methyl sites for hydroxylation is 1. The van der Waals surface area contributed by atoms with Crippen molar-refractivity contribution in [1.82, 2.24) is 0 Å². The molecule has 1 aromatic carbocycles. The molecule has 4 atom stereocenters. The number of rotatable bonds is 3. The minimum absolute atomic E-state index is 0.0323. The van der Waals surface area contributed by atoms with Gasteiger partial charge in [-0.2, -0.15) is 0 Å². The van der Waals surface area contributed by atoms with Crippen LogP contribution in [0, 0.1) is 6.92 Å². The van der Waals surface area contributed by atoms with Crippen molar-refractivity contribution in [2.75, 3.05) is 6.61 Å². The summed E-state index contributed by atoms with van der Waals surface area (Å²) in [5.74, 6) is 0. The first-order valence-corrected chi connectivity index (χ1v) is 6.31. The summed E-state index contributed by atoms with van der Waals surface area (Å²) in [4.78, 5) is 1.18. The van der Waals surface area contributed by atoms with Crippen LogP contribution in [0.1, 0.15) is 5.56 Å². The zero-order chi connectivity index (χ0) is 11.1. The lowest BCUT2D eigenvalue weighted by Gasteiger charge is -2.15. The van der Waals surface area contributed by atoms with Crippen LogP contribution in [0.3, 0.4) is 0 Å². The average Bonchev–Trinajstić information content (AvgIpc) is 3.01. The van der Waals surface area contributed by atoms with Gasteiger partial charge in [0.15, 0.2) is 0 Å². The highest BCUT2D eigenvalue weighted by molar-refractivity contribution is 7.99. The highest BCUT2D eigenvalue weighted by atomic mass is 32.2. The Balaban J connectivity index is 1.66. The highest BCUT2D eigenvalue weighted by Gasteiger charge is 2.58. The summed E-state index contributed by atoms with van der Waals surface area (Å²) < 4.78 is 11.2.